The van der Waals surface area contributed by atoms with E-state index in [4.69, 9.17) is 4.42 Å². The number of guanidine groups is 1. The molecule has 2 aromatic rings. The molecule has 1 aromatic carbocycles. The summed E-state index contributed by atoms with van der Waals surface area (Å²) in [6.07, 6.45) is 2.30. The third-order valence-electron chi connectivity index (χ3n) is 4.17. The number of nitrogens with zero attached hydrogens (tertiary/aromatic N) is 3. The lowest BCUT2D eigenvalue weighted by Gasteiger charge is -2.16. The zero-order valence-electron chi connectivity index (χ0n) is 15.8. The van der Waals surface area contributed by atoms with Gasteiger partial charge in [-0.1, -0.05) is 18.2 Å². The Morgan fingerprint density at radius 2 is 2.07 bits per heavy atom. The van der Waals surface area contributed by atoms with Gasteiger partial charge in [0.15, 0.2) is 5.96 Å². The van der Waals surface area contributed by atoms with Crippen molar-refractivity contribution < 1.29 is 12.8 Å². The van der Waals surface area contributed by atoms with E-state index in [0.29, 0.717) is 51.0 Å². The maximum Gasteiger partial charge on any atom is 0.226 e. The Bertz CT molecular complexity index is 870. The number of rotatable bonds is 7. The van der Waals surface area contributed by atoms with E-state index in [1.165, 1.54) is 4.31 Å². The fraction of sp³-hybridized carbons (Fsp3) is 0.444. The zero-order valence-corrected chi connectivity index (χ0v) is 18.9. The summed E-state index contributed by atoms with van der Waals surface area (Å²) in [5.74, 6) is 1.44. The molecule has 0 bridgehead atoms. The van der Waals surface area contributed by atoms with Crippen LogP contribution < -0.4 is 10.6 Å². The van der Waals surface area contributed by atoms with Gasteiger partial charge in [0, 0.05) is 31.7 Å². The predicted octanol–water partition coefficient (Wildman–Crippen LogP) is 2.05. The molecule has 10 heteroatoms. The predicted molar refractivity (Wildman–Crippen MR) is 120 cm³/mol. The third-order valence-corrected chi connectivity index (χ3v) is 6.13. The molecule has 1 fully saturated rings. The molecule has 1 aliphatic heterocycles. The molecule has 0 saturated carbocycles. The Balaban J connectivity index is 0.00000280. The van der Waals surface area contributed by atoms with Crippen LogP contribution in [0.2, 0.25) is 0 Å². The summed E-state index contributed by atoms with van der Waals surface area (Å²) in [4.78, 5) is 8.95. The molecule has 0 unspecified atom stereocenters. The van der Waals surface area contributed by atoms with Crippen molar-refractivity contribution in [3.63, 3.8) is 0 Å². The molecule has 1 saturated heterocycles. The minimum atomic E-state index is -3.07. The molecule has 0 atom stereocenters. The van der Waals surface area contributed by atoms with Crippen LogP contribution in [0.5, 0.6) is 0 Å². The number of hydrogen-bond acceptors (Lipinski definition) is 5. The Morgan fingerprint density at radius 3 is 2.75 bits per heavy atom. The number of oxazole rings is 1. The molecule has 0 spiro atoms. The van der Waals surface area contributed by atoms with Crippen molar-refractivity contribution in [1.82, 2.24) is 19.9 Å². The molecule has 0 radical (unpaired) electrons. The molecule has 1 aromatic heterocycles. The van der Waals surface area contributed by atoms with Crippen LogP contribution in [0.4, 0.5) is 0 Å². The highest BCUT2D eigenvalue weighted by atomic mass is 127. The summed E-state index contributed by atoms with van der Waals surface area (Å²) in [5.41, 5.74) is 1.65. The molecule has 3 rings (SSSR count). The van der Waals surface area contributed by atoms with E-state index in [1.807, 2.05) is 37.3 Å². The van der Waals surface area contributed by atoms with Gasteiger partial charge in [0.2, 0.25) is 15.9 Å². The second-order valence-corrected chi connectivity index (χ2v) is 8.29. The highest BCUT2D eigenvalue weighted by molar-refractivity contribution is 14.0. The molecular weight excluding hydrogens is 493 g/mol. The molecule has 2 N–H and O–H groups in total. The number of benzene rings is 1. The van der Waals surface area contributed by atoms with Gasteiger partial charge in [-0.2, -0.15) is 0 Å². The Morgan fingerprint density at radius 1 is 1.29 bits per heavy atom. The van der Waals surface area contributed by atoms with Crippen molar-refractivity contribution in [2.24, 2.45) is 4.99 Å². The largest absolute Gasteiger partial charge is 0.444 e. The average Bonchev–Trinajstić information content (AvgIpc) is 3.27. The summed E-state index contributed by atoms with van der Waals surface area (Å²) < 4.78 is 30.7. The Labute approximate surface area is 182 Å². The van der Waals surface area contributed by atoms with Crippen molar-refractivity contribution >= 4 is 40.0 Å². The molecule has 28 heavy (non-hydrogen) atoms. The first-order valence-corrected chi connectivity index (χ1v) is 10.7. The second kappa shape index (κ2) is 10.8. The van der Waals surface area contributed by atoms with Crippen molar-refractivity contribution in [1.29, 1.82) is 0 Å². The van der Waals surface area contributed by atoms with Gasteiger partial charge in [-0.3, -0.25) is 0 Å². The van der Waals surface area contributed by atoms with Crippen LogP contribution in [-0.4, -0.2) is 55.6 Å². The fourth-order valence-electron chi connectivity index (χ4n) is 2.84. The van der Waals surface area contributed by atoms with Crippen LogP contribution in [0.3, 0.4) is 0 Å². The molecule has 1 aliphatic rings. The maximum atomic E-state index is 11.8. The third kappa shape index (κ3) is 6.17. The summed E-state index contributed by atoms with van der Waals surface area (Å²) in [5, 5.41) is 6.32. The van der Waals surface area contributed by atoms with Crippen LogP contribution >= 0.6 is 24.0 Å². The van der Waals surface area contributed by atoms with Gasteiger partial charge in [-0.05, 0) is 25.5 Å². The first-order valence-electron chi connectivity index (χ1n) is 9.08. The summed E-state index contributed by atoms with van der Waals surface area (Å²) in [7, 11) is -3.07. The molecular formula is C18H26IN5O3S. The van der Waals surface area contributed by atoms with E-state index < -0.39 is 10.0 Å². The first-order chi connectivity index (χ1) is 13.1. The highest BCUT2D eigenvalue weighted by Gasteiger charge is 2.27. The maximum absolute atomic E-state index is 11.8. The van der Waals surface area contributed by atoms with Crippen LogP contribution in [0.1, 0.15) is 19.0 Å². The van der Waals surface area contributed by atoms with Crippen LogP contribution in [0.15, 0.2) is 46.0 Å². The summed E-state index contributed by atoms with van der Waals surface area (Å²) >= 11 is 0. The quantitative estimate of drug-likeness (QED) is 0.330. The lowest BCUT2D eigenvalue weighted by Crippen LogP contribution is -2.42. The molecule has 0 aliphatic carbocycles. The van der Waals surface area contributed by atoms with E-state index in [1.54, 1.807) is 6.26 Å². The van der Waals surface area contributed by atoms with Gasteiger partial charge in [-0.25, -0.2) is 22.7 Å². The standard InChI is InChI=1S/C18H25N5O3S.HI/c1-2-19-18(20-9-11-23-10-6-12-27(23,24)25)21-13-16-14-26-17(22-16)15-7-4-3-5-8-15;/h3-5,7-8,14H,2,6,9-13H2,1H3,(H2,19,20,21);1H. The van der Waals surface area contributed by atoms with Crippen molar-refractivity contribution in [2.75, 3.05) is 31.9 Å². The van der Waals surface area contributed by atoms with E-state index >= 15 is 0 Å². The number of aromatic nitrogens is 1. The normalized spacial score (nSPS) is 16.5. The van der Waals surface area contributed by atoms with Crippen molar-refractivity contribution in [3.8, 4) is 11.5 Å². The summed E-state index contributed by atoms with van der Waals surface area (Å²) in [6, 6.07) is 9.70. The Kier molecular flexibility index (Phi) is 8.70. The SMILES string of the molecule is CCNC(=NCc1coc(-c2ccccc2)n1)NCCN1CCCS1(=O)=O.I. The minimum Gasteiger partial charge on any atom is -0.444 e. The number of sulfonamides is 1. The smallest absolute Gasteiger partial charge is 0.226 e. The Hall–Kier alpha value is -1.66. The topological polar surface area (TPSA) is 99.8 Å². The molecule has 8 nitrogen and oxygen atoms in total. The van der Waals surface area contributed by atoms with Crippen LogP contribution in [0.25, 0.3) is 11.5 Å². The molecule has 154 valence electrons. The first kappa shape index (κ1) is 22.6. The van der Waals surface area contributed by atoms with Gasteiger partial charge in [0.25, 0.3) is 0 Å². The number of halogens is 1. The lowest BCUT2D eigenvalue weighted by atomic mass is 10.2. The van der Waals surface area contributed by atoms with Gasteiger partial charge >= 0.3 is 0 Å². The van der Waals surface area contributed by atoms with E-state index in [2.05, 4.69) is 20.6 Å². The van der Waals surface area contributed by atoms with E-state index in [-0.39, 0.29) is 29.7 Å². The van der Waals surface area contributed by atoms with E-state index in [9.17, 15) is 8.42 Å². The van der Waals surface area contributed by atoms with Gasteiger partial charge in [0.1, 0.15) is 12.0 Å². The number of hydrogen-bond donors (Lipinski definition) is 2. The van der Waals surface area contributed by atoms with E-state index in [0.717, 1.165) is 11.3 Å². The van der Waals surface area contributed by atoms with Crippen LogP contribution in [0, 0.1) is 0 Å². The minimum absolute atomic E-state index is 0. The van der Waals surface area contributed by atoms with Gasteiger partial charge < -0.3 is 15.1 Å². The lowest BCUT2D eigenvalue weighted by molar-refractivity contribution is 0.445. The zero-order chi connectivity index (χ0) is 19.1. The summed E-state index contributed by atoms with van der Waals surface area (Å²) in [6.45, 7) is 4.59. The molecule has 0 amide bonds. The number of nitrogens with one attached hydrogen (secondary N) is 2. The van der Waals surface area contributed by atoms with Crippen molar-refractivity contribution in [3.05, 3.63) is 42.3 Å². The van der Waals surface area contributed by atoms with Gasteiger partial charge in [0.05, 0.1) is 12.3 Å². The number of aliphatic imine (C=N–C) groups is 1. The van der Waals surface area contributed by atoms with Crippen LogP contribution in [-0.2, 0) is 16.6 Å². The second-order valence-electron chi connectivity index (χ2n) is 6.20. The molecule has 2 heterocycles. The average molecular weight is 519 g/mol. The highest BCUT2D eigenvalue weighted by Crippen LogP contribution is 2.18. The fourth-order valence-corrected chi connectivity index (χ4v) is 4.36. The van der Waals surface area contributed by atoms with Crippen molar-refractivity contribution in [2.45, 2.75) is 19.9 Å². The van der Waals surface area contributed by atoms with Gasteiger partial charge in [-0.15, -0.1) is 24.0 Å². The monoisotopic (exact) mass is 519 g/mol.